The van der Waals surface area contributed by atoms with Crippen molar-refractivity contribution < 1.29 is 83.9 Å². The van der Waals surface area contributed by atoms with E-state index in [2.05, 4.69) is 33.5 Å². The van der Waals surface area contributed by atoms with Crippen molar-refractivity contribution in [1.82, 2.24) is 36.4 Å². The Hall–Kier alpha value is -6.59. The predicted molar refractivity (Wildman–Crippen MR) is 295 cm³/mol. The maximum atomic E-state index is 14.7. The number of amides is 7. The van der Waals surface area contributed by atoms with Crippen LogP contribution < -0.4 is 42.8 Å². The number of phenolic OH excluding ortho intramolecular Hbond substituents is 1. The molecule has 3 saturated heterocycles. The molecule has 0 spiro atoms. The Labute approximate surface area is 474 Å². The van der Waals surface area contributed by atoms with Gasteiger partial charge in [0.1, 0.15) is 60.0 Å². The molecule has 0 aliphatic carbocycles. The number of aliphatic hydroxyl groups is 7. The zero-order valence-corrected chi connectivity index (χ0v) is 46.2. The Bertz CT molecular complexity index is 2650. The van der Waals surface area contributed by atoms with Gasteiger partial charge in [-0.15, -0.1) is 0 Å². The van der Waals surface area contributed by atoms with Gasteiger partial charge in [0.2, 0.25) is 35.4 Å². The third kappa shape index (κ3) is 16.8. The second-order valence-corrected chi connectivity index (χ2v) is 21.2. The fourth-order valence-corrected chi connectivity index (χ4v) is 10.4. The van der Waals surface area contributed by atoms with Gasteiger partial charge >= 0.3 is 0 Å². The largest absolute Gasteiger partial charge is 0.508 e. The van der Waals surface area contributed by atoms with Crippen LogP contribution in [0.3, 0.4) is 0 Å². The summed E-state index contributed by atoms with van der Waals surface area (Å²) < 4.78 is 11.6. The highest BCUT2D eigenvalue weighted by atomic mass is 16.5. The van der Waals surface area contributed by atoms with Gasteiger partial charge in [0.05, 0.1) is 56.4 Å². The first-order chi connectivity index (χ1) is 39.2. The molecule has 0 bridgehead atoms. The van der Waals surface area contributed by atoms with E-state index in [9.17, 15) is 74.4 Å². The van der Waals surface area contributed by atoms with Crippen LogP contribution in [0, 0.1) is 0 Å². The zero-order chi connectivity index (χ0) is 59.8. The summed E-state index contributed by atoms with van der Waals surface area (Å²) in [5, 5.41) is 104. The molecule has 82 heavy (non-hydrogen) atoms. The number of nitrogens with zero attached hydrogens (tertiary/aromatic N) is 2. The van der Waals surface area contributed by atoms with Gasteiger partial charge in [0.15, 0.2) is 0 Å². The predicted octanol–water partition coefficient (Wildman–Crippen LogP) is -2.83. The van der Waals surface area contributed by atoms with E-state index >= 15 is 0 Å². The molecule has 3 aromatic rings. The van der Waals surface area contributed by atoms with Crippen molar-refractivity contribution >= 4 is 52.1 Å². The molecule has 0 aromatic heterocycles. The first kappa shape index (κ1) is 64.6. The fraction of sp³-hybridized carbons (Fsp3) is 0.589. The van der Waals surface area contributed by atoms with Gasteiger partial charge < -0.3 is 98.2 Å². The lowest BCUT2D eigenvalue weighted by atomic mass is 9.96. The molecular formula is C56H81N9O17. The van der Waals surface area contributed by atoms with Crippen molar-refractivity contribution in [3.8, 4) is 11.5 Å². The number of nitrogens with two attached hydrogens (primary N) is 2. The number of aromatic hydroxyl groups is 1. The highest BCUT2D eigenvalue weighted by Gasteiger charge is 2.49. The number of rotatable bonds is 21. The number of nitrogens with one attached hydrogen (secondary N) is 5. The average molecular weight is 1150 g/mol. The summed E-state index contributed by atoms with van der Waals surface area (Å²) in [6, 6.07) is 1.78. The van der Waals surface area contributed by atoms with Crippen LogP contribution in [0.25, 0.3) is 10.8 Å². The standard InChI is InChI=1S/C56H81N9O17/c1-3-4-5-6-7-8-22-82-37-16-13-32-24-34(10-9-33(32)25-37)50(74)59-38-27-43(71)39(29-81-23-20-58)60-54(78)47-42(70)18-21-64(47)56(80)45(41(69)17-19-57)62-53(77)46(49(73)48(72)31-11-14-35(67)15-12-31)63-52(76)40-26-36(68)28-65(40)55(79)44(30(2)66)61-51(38)75/h9-16,24-25,30,36,38-49,66-73H,3-8,17-23,26-29,57-58H2,1-2H3,(H,59,74)(H,60,78)(H,61,75)(H,62,77)(H,63,76). The molecule has 0 saturated carbocycles. The van der Waals surface area contributed by atoms with Crippen molar-refractivity contribution in [2.75, 3.05) is 46.0 Å². The zero-order valence-electron chi connectivity index (χ0n) is 46.2. The normalized spacial score (nSPS) is 26.8. The number of carbonyl (C=O) groups excluding carboxylic acids is 7. The van der Waals surface area contributed by atoms with Gasteiger partial charge in [0, 0.05) is 38.0 Å². The molecule has 3 heterocycles. The van der Waals surface area contributed by atoms with Crippen LogP contribution in [0.5, 0.6) is 11.5 Å². The van der Waals surface area contributed by atoms with E-state index in [-0.39, 0.29) is 56.0 Å². The van der Waals surface area contributed by atoms with Gasteiger partial charge in [-0.05, 0) is 85.5 Å². The fourth-order valence-electron chi connectivity index (χ4n) is 10.4. The minimum Gasteiger partial charge on any atom is -0.508 e. The third-order valence-corrected chi connectivity index (χ3v) is 15.0. The Balaban J connectivity index is 1.39. The van der Waals surface area contributed by atoms with Gasteiger partial charge in [0.25, 0.3) is 5.91 Å². The number of phenols is 1. The highest BCUT2D eigenvalue weighted by molar-refractivity contribution is 6.02. The number of carbonyl (C=O) groups is 7. The summed E-state index contributed by atoms with van der Waals surface area (Å²) in [7, 11) is 0. The van der Waals surface area contributed by atoms with Crippen molar-refractivity contribution in [2.45, 2.75) is 163 Å². The van der Waals surface area contributed by atoms with Crippen LogP contribution in [-0.4, -0.2) is 217 Å². The number of aliphatic hydroxyl groups excluding tert-OH is 7. The highest BCUT2D eigenvalue weighted by Crippen LogP contribution is 2.27. The van der Waals surface area contributed by atoms with Crippen LogP contribution in [0.15, 0.2) is 60.7 Å². The molecule has 452 valence electrons. The summed E-state index contributed by atoms with van der Waals surface area (Å²) in [4.78, 5) is 103. The molecular weight excluding hydrogens is 1070 g/mol. The average Bonchev–Trinajstić information content (AvgIpc) is 4.18. The lowest BCUT2D eigenvalue weighted by Gasteiger charge is -2.35. The van der Waals surface area contributed by atoms with Crippen LogP contribution >= 0.6 is 0 Å². The van der Waals surface area contributed by atoms with E-state index in [4.69, 9.17) is 20.9 Å². The second kappa shape index (κ2) is 30.6. The van der Waals surface area contributed by atoms with Crippen molar-refractivity contribution in [3.63, 3.8) is 0 Å². The lowest BCUT2D eigenvalue weighted by molar-refractivity contribution is -0.148. The number of hydrogen-bond acceptors (Lipinski definition) is 19. The number of hydrogen-bond donors (Lipinski definition) is 15. The van der Waals surface area contributed by atoms with Crippen LogP contribution in [0.4, 0.5) is 0 Å². The lowest BCUT2D eigenvalue weighted by Crippen LogP contribution is -2.64. The maximum absolute atomic E-state index is 14.7. The summed E-state index contributed by atoms with van der Waals surface area (Å²) in [5.41, 5.74) is 11.4. The summed E-state index contributed by atoms with van der Waals surface area (Å²) in [6.45, 7) is 2.03. The first-order valence-electron chi connectivity index (χ1n) is 28.0. The molecule has 26 nitrogen and oxygen atoms in total. The molecule has 26 heteroatoms. The molecule has 6 rings (SSSR count). The Kier molecular flexibility index (Phi) is 24.1. The van der Waals surface area contributed by atoms with Crippen LogP contribution in [-0.2, 0) is 33.5 Å². The van der Waals surface area contributed by atoms with Gasteiger partial charge in [-0.2, -0.15) is 0 Å². The molecule has 14 unspecified atom stereocenters. The van der Waals surface area contributed by atoms with E-state index in [0.29, 0.717) is 17.7 Å². The van der Waals surface area contributed by atoms with Crippen LogP contribution in [0.1, 0.15) is 100 Å². The minimum atomic E-state index is -2.30. The van der Waals surface area contributed by atoms with Gasteiger partial charge in [-0.25, -0.2) is 0 Å². The second-order valence-electron chi connectivity index (χ2n) is 21.2. The number of unbranched alkanes of at least 4 members (excludes halogenated alkanes) is 5. The van der Waals surface area contributed by atoms with E-state index in [1.54, 1.807) is 24.3 Å². The SMILES string of the molecule is CCCCCCCCOc1ccc2cc(C(=O)NC3CC(O)C(COCCN)NC(=O)C4C(O)CCN4C(=O)C(C(O)CCN)NC(=O)C(C(O)C(O)c4ccc(O)cc4)NC(=O)C4CC(O)CN4C(=O)C(C(C)O)NC3=O)ccc2c1. The summed E-state index contributed by atoms with van der Waals surface area (Å²) in [6.07, 6.45) is -7.98. The third-order valence-electron chi connectivity index (χ3n) is 15.0. The van der Waals surface area contributed by atoms with E-state index in [0.717, 1.165) is 59.9 Å². The van der Waals surface area contributed by atoms with Crippen molar-refractivity contribution in [3.05, 3.63) is 71.8 Å². The molecule has 0 radical (unpaired) electrons. The molecule has 3 aliphatic rings. The Morgan fingerprint density at radius 3 is 2.07 bits per heavy atom. The van der Waals surface area contributed by atoms with Gasteiger partial charge in [-0.1, -0.05) is 63.3 Å². The molecule has 17 N–H and O–H groups in total. The summed E-state index contributed by atoms with van der Waals surface area (Å²) >= 11 is 0. The van der Waals surface area contributed by atoms with E-state index in [1.807, 2.05) is 6.07 Å². The van der Waals surface area contributed by atoms with Crippen molar-refractivity contribution in [2.24, 2.45) is 11.5 Å². The molecule has 7 amide bonds. The number of ether oxygens (including phenoxy) is 2. The number of fused-ring (bicyclic) bond motifs is 3. The molecule has 3 aliphatic heterocycles. The summed E-state index contributed by atoms with van der Waals surface area (Å²) in [5.74, 6) is -7.62. The topological polar surface area (TPSA) is 418 Å². The van der Waals surface area contributed by atoms with Crippen molar-refractivity contribution in [1.29, 1.82) is 0 Å². The smallest absolute Gasteiger partial charge is 0.251 e. The van der Waals surface area contributed by atoms with E-state index < -0.39 is 152 Å². The molecule has 14 atom stereocenters. The van der Waals surface area contributed by atoms with Crippen LogP contribution in [0.2, 0.25) is 0 Å². The Morgan fingerprint density at radius 1 is 0.720 bits per heavy atom. The maximum Gasteiger partial charge on any atom is 0.251 e. The quantitative estimate of drug-likeness (QED) is 0.0478. The Morgan fingerprint density at radius 2 is 1.38 bits per heavy atom. The van der Waals surface area contributed by atoms with Gasteiger partial charge in [-0.3, -0.25) is 33.6 Å². The molecule has 3 aromatic carbocycles. The molecule has 3 fully saturated rings. The minimum absolute atomic E-state index is 0.0164. The number of benzene rings is 3. The first-order valence-corrected chi connectivity index (χ1v) is 28.0. The monoisotopic (exact) mass is 1150 g/mol. The van der Waals surface area contributed by atoms with E-state index in [1.165, 1.54) is 31.0 Å².